The fourth-order valence-corrected chi connectivity index (χ4v) is 3.95. The third kappa shape index (κ3) is 4.65. The second-order valence-electron chi connectivity index (χ2n) is 8.18. The van der Waals surface area contributed by atoms with Gasteiger partial charge in [-0.25, -0.2) is 0 Å². The summed E-state index contributed by atoms with van der Waals surface area (Å²) in [6, 6.07) is 10.4. The van der Waals surface area contributed by atoms with Crippen LogP contribution in [0.3, 0.4) is 0 Å². The molecule has 2 aromatic carbocycles. The SMILES string of the molecule is CC(C)(CC(O)(CNc1cccc2c(=O)[nH]ccc12)C(F)(F)F)c1ccc(Cl)cc1O. The Morgan fingerprint density at radius 1 is 1.10 bits per heavy atom. The van der Waals surface area contributed by atoms with E-state index in [0.29, 0.717) is 16.5 Å². The maximum Gasteiger partial charge on any atom is 0.418 e. The number of H-pyrrole nitrogens is 1. The predicted octanol–water partition coefficient (Wildman–Crippen LogP) is 4.96. The number of aliphatic hydroxyl groups is 1. The van der Waals surface area contributed by atoms with Crippen molar-refractivity contribution in [3.8, 4) is 5.75 Å². The Morgan fingerprint density at radius 2 is 1.81 bits per heavy atom. The van der Waals surface area contributed by atoms with E-state index in [1.54, 1.807) is 18.2 Å². The van der Waals surface area contributed by atoms with Crippen LogP contribution in [0.1, 0.15) is 25.8 Å². The van der Waals surface area contributed by atoms with Gasteiger partial charge in [-0.2, -0.15) is 13.2 Å². The zero-order valence-corrected chi connectivity index (χ0v) is 17.6. The van der Waals surface area contributed by atoms with E-state index in [-0.39, 0.29) is 21.9 Å². The molecule has 0 radical (unpaired) electrons. The molecule has 0 aliphatic heterocycles. The van der Waals surface area contributed by atoms with Crippen molar-refractivity contribution in [2.24, 2.45) is 0 Å². The highest BCUT2D eigenvalue weighted by molar-refractivity contribution is 6.30. The van der Waals surface area contributed by atoms with Crippen molar-refractivity contribution in [2.45, 2.75) is 37.5 Å². The highest BCUT2D eigenvalue weighted by atomic mass is 35.5. The summed E-state index contributed by atoms with van der Waals surface area (Å²) >= 11 is 5.83. The van der Waals surface area contributed by atoms with E-state index < -0.39 is 30.2 Å². The molecule has 1 heterocycles. The van der Waals surface area contributed by atoms with Gasteiger partial charge in [-0.05, 0) is 47.7 Å². The van der Waals surface area contributed by atoms with Crippen LogP contribution in [0.25, 0.3) is 10.8 Å². The van der Waals surface area contributed by atoms with Crippen LogP contribution in [0, 0.1) is 0 Å². The number of aromatic hydroxyl groups is 1. The second kappa shape index (κ2) is 8.09. The number of hydrogen-bond acceptors (Lipinski definition) is 4. The molecule has 0 aliphatic rings. The first-order valence-corrected chi connectivity index (χ1v) is 9.84. The number of pyridine rings is 1. The fourth-order valence-electron chi connectivity index (χ4n) is 3.78. The maximum atomic E-state index is 14.0. The molecule has 1 aromatic heterocycles. The topological polar surface area (TPSA) is 85.4 Å². The summed E-state index contributed by atoms with van der Waals surface area (Å²) in [5.74, 6) is -0.247. The highest BCUT2D eigenvalue weighted by Gasteiger charge is 2.56. The molecule has 1 unspecified atom stereocenters. The summed E-state index contributed by atoms with van der Waals surface area (Å²) in [5.41, 5.74) is -4.20. The number of aromatic amines is 1. The number of hydrogen-bond donors (Lipinski definition) is 4. The van der Waals surface area contributed by atoms with Crippen LogP contribution in [0.5, 0.6) is 5.75 Å². The molecule has 4 N–H and O–H groups in total. The van der Waals surface area contributed by atoms with Gasteiger partial charge < -0.3 is 20.5 Å². The maximum absolute atomic E-state index is 14.0. The normalized spacial score (nSPS) is 14.4. The molecule has 0 bridgehead atoms. The minimum absolute atomic E-state index is 0.233. The third-order valence-electron chi connectivity index (χ3n) is 5.34. The van der Waals surface area contributed by atoms with E-state index in [4.69, 9.17) is 11.6 Å². The minimum Gasteiger partial charge on any atom is -0.508 e. The van der Waals surface area contributed by atoms with Crippen molar-refractivity contribution in [2.75, 3.05) is 11.9 Å². The molecule has 0 amide bonds. The lowest BCUT2D eigenvalue weighted by Crippen LogP contribution is -2.53. The van der Waals surface area contributed by atoms with Gasteiger partial charge in [0, 0.05) is 27.7 Å². The Kier molecular flexibility index (Phi) is 5.99. The lowest BCUT2D eigenvalue weighted by atomic mass is 9.74. The molecule has 31 heavy (non-hydrogen) atoms. The number of rotatable bonds is 6. The lowest BCUT2D eigenvalue weighted by molar-refractivity contribution is -0.260. The van der Waals surface area contributed by atoms with Gasteiger partial charge in [-0.3, -0.25) is 4.79 Å². The smallest absolute Gasteiger partial charge is 0.418 e. The van der Waals surface area contributed by atoms with Crippen LogP contribution >= 0.6 is 11.6 Å². The quantitative estimate of drug-likeness (QED) is 0.424. The summed E-state index contributed by atoms with van der Waals surface area (Å²) in [5, 5.41) is 24.5. The second-order valence-corrected chi connectivity index (χ2v) is 8.62. The number of fused-ring (bicyclic) bond motifs is 1. The average molecular weight is 455 g/mol. The number of alkyl halides is 3. The Morgan fingerprint density at radius 3 is 2.45 bits per heavy atom. The number of halogens is 4. The van der Waals surface area contributed by atoms with Gasteiger partial charge in [0.15, 0.2) is 5.60 Å². The molecule has 0 saturated carbocycles. The predicted molar refractivity (Wildman–Crippen MR) is 115 cm³/mol. The van der Waals surface area contributed by atoms with Gasteiger partial charge in [0.05, 0.1) is 6.54 Å². The average Bonchev–Trinajstić information content (AvgIpc) is 2.65. The number of phenols is 1. The Balaban J connectivity index is 1.93. The number of phenolic OH excluding ortho intramolecular Hbond substituents is 1. The molecule has 0 fully saturated rings. The largest absolute Gasteiger partial charge is 0.508 e. The Labute approximate surface area is 181 Å². The Hall–Kier alpha value is -2.71. The van der Waals surface area contributed by atoms with Gasteiger partial charge in [0.25, 0.3) is 5.56 Å². The first-order chi connectivity index (χ1) is 14.3. The van der Waals surface area contributed by atoms with Crippen LogP contribution in [0.4, 0.5) is 18.9 Å². The van der Waals surface area contributed by atoms with Crippen molar-refractivity contribution in [1.82, 2.24) is 4.98 Å². The molecule has 1 atom stereocenters. The molecular formula is C22H22ClF3N2O3. The summed E-state index contributed by atoms with van der Waals surface area (Å²) in [4.78, 5) is 14.5. The number of aromatic nitrogens is 1. The van der Waals surface area contributed by atoms with E-state index in [1.165, 1.54) is 44.3 Å². The van der Waals surface area contributed by atoms with E-state index in [0.717, 1.165) is 0 Å². The van der Waals surface area contributed by atoms with E-state index in [1.807, 2.05) is 0 Å². The lowest BCUT2D eigenvalue weighted by Gasteiger charge is -2.38. The van der Waals surface area contributed by atoms with Crippen molar-refractivity contribution in [1.29, 1.82) is 0 Å². The van der Waals surface area contributed by atoms with Crippen molar-refractivity contribution < 1.29 is 23.4 Å². The summed E-state index contributed by atoms with van der Waals surface area (Å²) in [6.45, 7) is 2.16. The summed E-state index contributed by atoms with van der Waals surface area (Å²) < 4.78 is 41.9. The van der Waals surface area contributed by atoms with Gasteiger partial charge in [-0.15, -0.1) is 0 Å². The molecule has 0 saturated heterocycles. The molecule has 3 rings (SSSR count). The molecule has 9 heteroatoms. The highest BCUT2D eigenvalue weighted by Crippen LogP contribution is 2.44. The minimum atomic E-state index is -4.96. The van der Waals surface area contributed by atoms with Crippen LogP contribution < -0.4 is 10.9 Å². The molecular weight excluding hydrogens is 433 g/mol. The van der Waals surface area contributed by atoms with Crippen molar-refractivity contribution >= 4 is 28.1 Å². The van der Waals surface area contributed by atoms with E-state index >= 15 is 0 Å². The van der Waals surface area contributed by atoms with Crippen molar-refractivity contribution in [3.05, 3.63) is 69.6 Å². The number of benzene rings is 2. The first kappa shape index (κ1) is 23.0. The molecule has 5 nitrogen and oxygen atoms in total. The summed E-state index contributed by atoms with van der Waals surface area (Å²) in [6.07, 6.45) is -4.28. The molecule has 3 aromatic rings. The monoisotopic (exact) mass is 454 g/mol. The van der Waals surface area contributed by atoms with Gasteiger partial charge >= 0.3 is 6.18 Å². The zero-order valence-electron chi connectivity index (χ0n) is 16.8. The standard InChI is InChI=1S/C22H22ClF3N2O3/c1-20(2,16-7-6-13(23)10-18(16)29)11-21(31,22(24,25)26)12-28-17-5-3-4-15-14(17)8-9-27-19(15)30/h3-10,28-29,31H,11-12H2,1-2H3,(H,27,30). The number of anilines is 1. The fraction of sp³-hybridized carbons (Fsp3) is 0.318. The van der Waals surface area contributed by atoms with E-state index in [2.05, 4.69) is 10.3 Å². The molecule has 0 spiro atoms. The van der Waals surface area contributed by atoms with E-state index in [9.17, 15) is 28.2 Å². The summed E-state index contributed by atoms with van der Waals surface area (Å²) in [7, 11) is 0. The van der Waals surface area contributed by atoms with Crippen LogP contribution in [0.15, 0.2) is 53.5 Å². The van der Waals surface area contributed by atoms with Gasteiger partial charge in [-0.1, -0.05) is 37.6 Å². The number of nitrogens with one attached hydrogen (secondary N) is 2. The van der Waals surface area contributed by atoms with Crippen LogP contribution in [-0.4, -0.2) is 33.5 Å². The van der Waals surface area contributed by atoms with Crippen molar-refractivity contribution in [3.63, 3.8) is 0 Å². The Bertz CT molecular complexity index is 1160. The first-order valence-electron chi connectivity index (χ1n) is 9.46. The van der Waals surface area contributed by atoms with Crippen LogP contribution in [0.2, 0.25) is 5.02 Å². The molecule has 166 valence electrons. The van der Waals surface area contributed by atoms with Crippen LogP contribution in [-0.2, 0) is 5.41 Å². The van der Waals surface area contributed by atoms with Gasteiger partial charge in [0.2, 0.25) is 0 Å². The zero-order chi connectivity index (χ0) is 23.0. The van der Waals surface area contributed by atoms with Gasteiger partial charge in [0.1, 0.15) is 5.75 Å². The molecule has 0 aliphatic carbocycles. The third-order valence-corrected chi connectivity index (χ3v) is 5.57.